The lowest BCUT2D eigenvalue weighted by molar-refractivity contribution is 0.141. The lowest BCUT2D eigenvalue weighted by atomic mass is 10.2. The molecule has 0 bridgehead atoms. The number of benzene rings is 2. The molecule has 5 nitrogen and oxygen atoms in total. The number of carbonyl (C=O) groups excluding carboxylic acids is 1. The largest absolute Gasteiger partial charge is 0.497 e. The topological polar surface area (TPSA) is 53.4 Å². The van der Waals surface area contributed by atoms with Crippen LogP contribution in [-0.2, 0) is 11.3 Å². The average molecular weight is 308 g/mol. The van der Waals surface area contributed by atoms with Crippen LogP contribution in [0.15, 0.2) is 67.0 Å². The summed E-state index contributed by atoms with van der Waals surface area (Å²) in [5, 5.41) is 0. The first-order chi connectivity index (χ1) is 11.3. The normalized spacial score (nSPS) is 10.3. The SMILES string of the molecule is COc1ccc(COC(=O)n2ccnc2-c2ccccc2)cc1. The number of nitrogens with zero attached hydrogens (tertiary/aromatic N) is 2. The van der Waals surface area contributed by atoms with E-state index in [0.717, 1.165) is 16.9 Å². The summed E-state index contributed by atoms with van der Waals surface area (Å²) in [7, 11) is 1.61. The standard InChI is InChI=1S/C18H16N2O3/c1-22-16-9-7-14(8-10-16)13-23-18(21)20-12-11-19-17(20)15-5-3-2-4-6-15/h2-12H,13H2,1H3. The van der Waals surface area contributed by atoms with Crippen molar-refractivity contribution in [2.45, 2.75) is 6.61 Å². The molecule has 3 rings (SSSR count). The molecule has 0 unspecified atom stereocenters. The highest BCUT2D eigenvalue weighted by atomic mass is 16.5. The molecule has 1 aromatic heterocycles. The smallest absolute Gasteiger partial charge is 0.420 e. The summed E-state index contributed by atoms with van der Waals surface area (Å²) >= 11 is 0. The van der Waals surface area contributed by atoms with Gasteiger partial charge in [-0.25, -0.2) is 14.3 Å². The number of methoxy groups -OCH3 is 1. The van der Waals surface area contributed by atoms with Gasteiger partial charge in [0.2, 0.25) is 0 Å². The van der Waals surface area contributed by atoms with Crippen molar-refractivity contribution in [3.05, 3.63) is 72.6 Å². The molecular formula is C18H16N2O3. The third kappa shape index (κ3) is 3.40. The Morgan fingerprint density at radius 3 is 2.52 bits per heavy atom. The zero-order chi connectivity index (χ0) is 16.1. The number of aromatic nitrogens is 2. The summed E-state index contributed by atoms with van der Waals surface area (Å²) in [6.45, 7) is 0.190. The number of rotatable bonds is 4. The minimum absolute atomic E-state index is 0.190. The molecule has 0 amide bonds. The zero-order valence-electron chi connectivity index (χ0n) is 12.7. The van der Waals surface area contributed by atoms with Crippen molar-refractivity contribution in [2.75, 3.05) is 7.11 Å². The summed E-state index contributed by atoms with van der Waals surface area (Å²) in [5.74, 6) is 1.33. The number of imidazole rings is 1. The van der Waals surface area contributed by atoms with Crippen LogP contribution in [0.3, 0.4) is 0 Å². The van der Waals surface area contributed by atoms with Gasteiger partial charge in [0.25, 0.3) is 0 Å². The van der Waals surface area contributed by atoms with E-state index in [1.807, 2.05) is 54.6 Å². The third-order valence-electron chi connectivity index (χ3n) is 3.39. The maximum absolute atomic E-state index is 12.3. The third-order valence-corrected chi connectivity index (χ3v) is 3.39. The molecule has 0 spiro atoms. The Hall–Kier alpha value is -3.08. The molecule has 0 fully saturated rings. The summed E-state index contributed by atoms with van der Waals surface area (Å²) in [6, 6.07) is 16.9. The molecule has 0 radical (unpaired) electrons. The molecule has 0 N–H and O–H groups in total. The van der Waals surface area contributed by atoms with Gasteiger partial charge in [-0.1, -0.05) is 42.5 Å². The van der Waals surface area contributed by atoms with Gasteiger partial charge in [-0.2, -0.15) is 0 Å². The van der Waals surface area contributed by atoms with Gasteiger partial charge in [0.1, 0.15) is 18.2 Å². The second-order valence-electron chi connectivity index (χ2n) is 4.89. The molecular weight excluding hydrogens is 292 g/mol. The second kappa shape index (κ2) is 6.79. The number of hydrogen-bond acceptors (Lipinski definition) is 4. The van der Waals surface area contributed by atoms with E-state index in [9.17, 15) is 4.79 Å². The molecule has 0 aliphatic heterocycles. The van der Waals surface area contributed by atoms with Crippen molar-refractivity contribution in [1.29, 1.82) is 0 Å². The fourth-order valence-corrected chi connectivity index (χ4v) is 2.19. The van der Waals surface area contributed by atoms with E-state index in [2.05, 4.69) is 4.98 Å². The Labute approximate surface area is 134 Å². The Morgan fingerprint density at radius 2 is 1.83 bits per heavy atom. The van der Waals surface area contributed by atoms with Gasteiger partial charge in [0.15, 0.2) is 0 Å². The highest BCUT2D eigenvalue weighted by Crippen LogP contribution is 2.17. The monoisotopic (exact) mass is 308 g/mol. The minimum Gasteiger partial charge on any atom is -0.497 e. The van der Waals surface area contributed by atoms with E-state index in [0.29, 0.717) is 5.82 Å². The predicted molar refractivity (Wildman–Crippen MR) is 86.2 cm³/mol. The molecule has 0 aliphatic carbocycles. The Bertz CT molecular complexity index is 780. The lowest BCUT2D eigenvalue weighted by Crippen LogP contribution is -2.14. The van der Waals surface area contributed by atoms with Gasteiger partial charge in [-0.05, 0) is 17.7 Å². The van der Waals surface area contributed by atoms with E-state index >= 15 is 0 Å². The van der Waals surface area contributed by atoms with Gasteiger partial charge in [0, 0.05) is 18.0 Å². The van der Waals surface area contributed by atoms with Crippen molar-refractivity contribution < 1.29 is 14.3 Å². The second-order valence-corrected chi connectivity index (χ2v) is 4.89. The van der Waals surface area contributed by atoms with Crippen LogP contribution >= 0.6 is 0 Å². The van der Waals surface area contributed by atoms with Crippen LogP contribution in [-0.4, -0.2) is 22.8 Å². The summed E-state index contributed by atoms with van der Waals surface area (Å²) in [5.41, 5.74) is 1.75. The Morgan fingerprint density at radius 1 is 1.09 bits per heavy atom. The van der Waals surface area contributed by atoms with Crippen molar-refractivity contribution >= 4 is 6.09 Å². The van der Waals surface area contributed by atoms with Crippen LogP contribution in [0.4, 0.5) is 4.79 Å². The van der Waals surface area contributed by atoms with Crippen molar-refractivity contribution in [1.82, 2.24) is 9.55 Å². The molecule has 5 heteroatoms. The molecule has 3 aromatic rings. The van der Waals surface area contributed by atoms with E-state index in [-0.39, 0.29) is 6.61 Å². The Balaban J connectivity index is 1.70. The van der Waals surface area contributed by atoms with Gasteiger partial charge >= 0.3 is 6.09 Å². The number of hydrogen-bond donors (Lipinski definition) is 0. The van der Waals surface area contributed by atoms with Gasteiger partial charge in [-0.3, -0.25) is 0 Å². The molecule has 23 heavy (non-hydrogen) atoms. The number of ether oxygens (including phenoxy) is 2. The first-order valence-electron chi connectivity index (χ1n) is 7.17. The molecule has 1 heterocycles. The van der Waals surface area contributed by atoms with E-state index in [1.165, 1.54) is 4.57 Å². The first kappa shape index (κ1) is 14.8. The summed E-state index contributed by atoms with van der Waals surface area (Å²) in [4.78, 5) is 16.5. The molecule has 0 saturated carbocycles. The van der Waals surface area contributed by atoms with E-state index in [1.54, 1.807) is 19.5 Å². The number of carbonyl (C=O) groups is 1. The maximum atomic E-state index is 12.3. The highest BCUT2D eigenvalue weighted by Gasteiger charge is 2.13. The lowest BCUT2D eigenvalue weighted by Gasteiger charge is -2.08. The highest BCUT2D eigenvalue weighted by molar-refractivity contribution is 5.76. The van der Waals surface area contributed by atoms with Crippen LogP contribution in [0.1, 0.15) is 5.56 Å². The first-order valence-corrected chi connectivity index (χ1v) is 7.17. The molecule has 116 valence electrons. The van der Waals surface area contributed by atoms with Crippen molar-refractivity contribution in [3.63, 3.8) is 0 Å². The van der Waals surface area contributed by atoms with Crippen LogP contribution in [0.25, 0.3) is 11.4 Å². The fourth-order valence-electron chi connectivity index (χ4n) is 2.19. The minimum atomic E-state index is -0.461. The quantitative estimate of drug-likeness (QED) is 0.736. The van der Waals surface area contributed by atoms with Crippen LogP contribution in [0.2, 0.25) is 0 Å². The van der Waals surface area contributed by atoms with Gasteiger partial charge in [-0.15, -0.1) is 0 Å². The predicted octanol–water partition coefficient (Wildman–Crippen LogP) is 3.74. The molecule has 0 saturated heterocycles. The maximum Gasteiger partial charge on any atom is 0.420 e. The molecule has 2 aromatic carbocycles. The van der Waals surface area contributed by atoms with E-state index < -0.39 is 6.09 Å². The fraction of sp³-hybridized carbons (Fsp3) is 0.111. The van der Waals surface area contributed by atoms with Crippen LogP contribution in [0, 0.1) is 0 Å². The molecule has 0 atom stereocenters. The van der Waals surface area contributed by atoms with E-state index in [4.69, 9.17) is 9.47 Å². The van der Waals surface area contributed by atoms with Crippen LogP contribution < -0.4 is 4.74 Å². The zero-order valence-corrected chi connectivity index (χ0v) is 12.7. The summed E-state index contributed by atoms with van der Waals surface area (Å²) in [6.07, 6.45) is 2.72. The summed E-state index contributed by atoms with van der Waals surface area (Å²) < 4.78 is 11.9. The Kier molecular flexibility index (Phi) is 4.38. The van der Waals surface area contributed by atoms with Crippen molar-refractivity contribution in [2.24, 2.45) is 0 Å². The van der Waals surface area contributed by atoms with Gasteiger partial charge in [0.05, 0.1) is 7.11 Å². The van der Waals surface area contributed by atoms with Gasteiger partial charge < -0.3 is 9.47 Å². The molecule has 0 aliphatic rings. The van der Waals surface area contributed by atoms with Crippen molar-refractivity contribution in [3.8, 4) is 17.1 Å². The van der Waals surface area contributed by atoms with Crippen LogP contribution in [0.5, 0.6) is 5.75 Å². The average Bonchev–Trinajstić information content (AvgIpc) is 3.11.